The molecule has 0 unspecified atom stereocenters. The first-order valence-corrected chi connectivity index (χ1v) is 8.67. The van der Waals surface area contributed by atoms with Gasteiger partial charge in [-0.2, -0.15) is 5.10 Å². The molecule has 0 aliphatic heterocycles. The summed E-state index contributed by atoms with van der Waals surface area (Å²) in [4.78, 5) is 11.0. The Labute approximate surface area is 165 Å². The van der Waals surface area contributed by atoms with E-state index in [0.717, 1.165) is 5.69 Å². The van der Waals surface area contributed by atoms with Gasteiger partial charge in [0.15, 0.2) is 0 Å². The van der Waals surface area contributed by atoms with E-state index in [1.165, 1.54) is 18.3 Å². The normalized spacial score (nSPS) is 11.2. The Balaban J connectivity index is 1.78. The molecular formula is C20H16N6O3. The zero-order valence-electron chi connectivity index (χ0n) is 15.3. The van der Waals surface area contributed by atoms with Crippen molar-refractivity contribution in [1.29, 1.82) is 0 Å². The second-order valence-corrected chi connectivity index (χ2v) is 6.25. The van der Waals surface area contributed by atoms with E-state index in [0.29, 0.717) is 28.3 Å². The molecule has 29 heavy (non-hydrogen) atoms. The van der Waals surface area contributed by atoms with Crippen LogP contribution in [0.15, 0.2) is 65.9 Å². The van der Waals surface area contributed by atoms with Gasteiger partial charge in [0, 0.05) is 11.8 Å². The van der Waals surface area contributed by atoms with Gasteiger partial charge < -0.3 is 10.3 Å². The smallest absolute Gasteiger partial charge is 0.335 e. The Morgan fingerprint density at radius 1 is 1.03 bits per heavy atom. The Kier molecular flexibility index (Phi) is 4.62. The summed E-state index contributed by atoms with van der Waals surface area (Å²) in [5.74, 6) is -0.994. The molecule has 2 heterocycles. The summed E-state index contributed by atoms with van der Waals surface area (Å²) in [7, 11) is 0. The van der Waals surface area contributed by atoms with Crippen LogP contribution < -0.4 is 0 Å². The lowest BCUT2D eigenvalue weighted by Gasteiger charge is -2.04. The molecule has 2 aromatic heterocycles. The van der Waals surface area contributed by atoms with E-state index in [9.17, 15) is 4.79 Å². The van der Waals surface area contributed by atoms with Crippen molar-refractivity contribution in [2.45, 2.75) is 6.92 Å². The highest BCUT2D eigenvalue weighted by Gasteiger charge is 2.19. The van der Waals surface area contributed by atoms with Gasteiger partial charge in [-0.1, -0.05) is 28.6 Å². The van der Waals surface area contributed by atoms with E-state index < -0.39 is 5.97 Å². The van der Waals surface area contributed by atoms with Crippen LogP contribution in [0, 0.1) is 6.92 Å². The molecule has 0 aliphatic carbocycles. The summed E-state index contributed by atoms with van der Waals surface area (Å²) in [6, 6.07) is 15.9. The quantitative estimate of drug-likeness (QED) is 0.308. The van der Waals surface area contributed by atoms with Crippen molar-refractivity contribution in [3.05, 3.63) is 77.6 Å². The molecule has 4 aromatic rings. The molecule has 0 spiro atoms. The number of aromatic nitrogens is 5. The lowest BCUT2D eigenvalue weighted by molar-refractivity contribution is 0.0697. The molecule has 4 rings (SSSR count). The second-order valence-electron chi connectivity index (χ2n) is 6.25. The maximum absolute atomic E-state index is 11.0. The summed E-state index contributed by atoms with van der Waals surface area (Å²) in [5, 5.41) is 34.2. The number of aromatic carboxylic acids is 1. The number of carbonyl (C=O) groups is 1. The molecular weight excluding hydrogens is 372 g/mol. The van der Waals surface area contributed by atoms with Gasteiger partial charge in [0.05, 0.1) is 28.8 Å². The molecule has 0 radical (unpaired) electrons. The minimum absolute atomic E-state index is 0.190. The summed E-state index contributed by atoms with van der Waals surface area (Å²) in [6.45, 7) is 1.84. The van der Waals surface area contributed by atoms with E-state index in [1.54, 1.807) is 27.7 Å². The van der Waals surface area contributed by atoms with Crippen LogP contribution in [0.5, 0.6) is 0 Å². The van der Waals surface area contributed by atoms with Crippen molar-refractivity contribution in [1.82, 2.24) is 24.8 Å². The average molecular weight is 388 g/mol. The van der Waals surface area contributed by atoms with Gasteiger partial charge in [0.2, 0.25) is 0 Å². The Morgan fingerprint density at radius 2 is 1.76 bits per heavy atom. The first-order chi connectivity index (χ1) is 14.1. The number of rotatable bonds is 5. The number of nitrogens with zero attached hydrogens (tertiary/aromatic N) is 6. The maximum atomic E-state index is 11.0. The van der Waals surface area contributed by atoms with Gasteiger partial charge in [0.1, 0.15) is 11.4 Å². The summed E-state index contributed by atoms with van der Waals surface area (Å²) in [5.41, 5.74) is 4.03. The molecule has 0 fully saturated rings. The molecule has 9 heteroatoms. The molecule has 2 aromatic carbocycles. The third kappa shape index (κ3) is 3.36. The molecule has 9 nitrogen and oxygen atoms in total. The zero-order chi connectivity index (χ0) is 20.4. The van der Waals surface area contributed by atoms with Gasteiger partial charge in [-0.05, 0) is 43.3 Å². The van der Waals surface area contributed by atoms with Crippen LogP contribution in [0.2, 0.25) is 0 Å². The van der Waals surface area contributed by atoms with Crippen molar-refractivity contribution in [2.24, 2.45) is 5.16 Å². The van der Waals surface area contributed by atoms with E-state index in [-0.39, 0.29) is 5.56 Å². The highest BCUT2D eigenvalue weighted by molar-refractivity contribution is 5.88. The third-order valence-electron chi connectivity index (χ3n) is 4.44. The standard InChI is InChI=1S/C20H16N6O3/c1-13-18(22-24-26(13)17-9-7-14(8-10-17)20(27)28)19-15(11-21-29)12-25(23-19)16-5-3-2-4-6-16/h2-12,29H,1H3,(H,27,28)/b21-11+. The molecule has 0 saturated heterocycles. The van der Waals surface area contributed by atoms with E-state index in [4.69, 9.17) is 10.3 Å². The third-order valence-corrected chi connectivity index (χ3v) is 4.44. The number of oxime groups is 1. The SMILES string of the molecule is Cc1c(-c2nn(-c3ccccc3)cc2/C=N/O)nnn1-c1ccc(C(=O)O)cc1. The summed E-state index contributed by atoms with van der Waals surface area (Å²) in [6.07, 6.45) is 3.03. The largest absolute Gasteiger partial charge is 0.478 e. The van der Waals surface area contributed by atoms with Gasteiger partial charge >= 0.3 is 5.97 Å². The van der Waals surface area contributed by atoms with Crippen molar-refractivity contribution in [2.75, 3.05) is 0 Å². The molecule has 0 bridgehead atoms. The second kappa shape index (κ2) is 7.39. The number of carboxylic acid groups (broad SMARTS) is 1. The average Bonchev–Trinajstić information content (AvgIpc) is 3.32. The lowest BCUT2D eigenvalue weighted by Crippen LogP contribution is -2.01. The fourth-order valence-electron chi connectivity index (χ4n) is 2.98. The molecule has 0 amide bonds. The minimum atomic E-state index is -0.994. The predicted molar refractivity (Wildman–Crippen MR) is 105 cm³/mol. The number of para-hydroxylation sites is 1. The minimum Gasteiger partial charge on any atom is -0.478 e. The Bertz CT molecular complexity index is 1190. The highest BCUT2D eigenvalue weighted by Crippen LogP contribution is 2.25. The lowest BCUT2D eigenvalue weighted by atomic mass is 10.1. The van der Waals surface area contributed by atoms with Gasteiger partial charge in [-0.15, -0.1) is 5.10 Å². The molecule has 0 atom stereocenters. The fraction of sp³-hybridized carbons (Fsp3) is 0.0500. The van der Waals surface area contributed by atoms with Crippen molar-refractivity contribution < 1.29 is 15.1 Å². The Morgan fingerprint density at radius 3 is 2.41 bits per heavy atom. The first-order valence-electron chi connectivity index (χ1n) is 8.67. The van der Waals surface area contributed by atoms with Crippen LogP contribution in [0.4, 0.5) is 0 Å². The first kappa shape index (κ1) is 18.1. The van der Waals surface area contributed by atoms with Gasteiger partial charge in [-0.3, -0.25) is 0 Å². The summed E-state index contributed by atoms with van der Waals surface area (Å²) >= 11 is 0. The predicted octanol–water partition coefficient (Wildman–Crippen LogP) is 2.93. The number of hydrogen-bond donors (Lipinski definition) is 2. The van der Waals surface area contributed by atoms with E-state index >= 15 is 0 Å². The van der Waals surface area contributed by atoms with Crippen LogP contribution in [0.1, 0.15) is 21.6 Å². The molecule has 2 N–H and O–H groups in total. The van der Waals surface area contributed by atoms with Crippen molar-refractivity contribution in [3.63, 3.8) is 0 Å². The molecule has 0 aliphatic rings. The van der Waals surface area contributed by atoms with E-state index in [1.807, 2.05) is 37.3 Å². The fourth-order valence-corrected chi connectivity index (χ4v) is 2.98. The highest BCUT2D eigenvalue weighted by atomic mass is 16.4. The monoisotopic (exact) mass is 388 g/mol. The van der Waals surface area contributed by atoms with Crippen molar-refractivity contribution in [3.8, 4) is 22.8 Å². The number of benzene rings is 2. The zero-order valence-corrected chi connectivity index (χ0v) is 15.3. The molecule has 144 valence electrons. The van der Waals surface area contributed by atoms with Gasteiger partial charge in [0.25, 0.3) is 0 Å². The summed E-state index contributed by atoms with van der Waals surface area (Å²) < 4.78 is 3.27. The number of carboxylic acids is 1. The topological polar surface area (TPSA) is 118 Å². The van der Waals surface area contributed by atoms with Crippen LogP contribution in [-0.2, 0) is 0 Å². The Hall–Kier alpha value is -4.27. The van der Waals surface area contributed by atoms with Crippen LogP contribution in [-0.4, -0.2) is 47.3 Å². The van der Waals surface area contributed by atoms with Crippen LogP contribution in [0.25, 0.3) is 22.8 Å². The van der Waals surface area contributed by atoms with E-state index in [2.05, 4.69) is 20.6 Å². The number of hydrogen-bond acceptors (Lipinski definition) is 6. The van der Waals surface area contributed by atoms with Crippen LogP contribution >= 0.6 is 0 Å². The molecule has 0 saturated carbocycles. The van der Waals surface area contributed by atoms with Crippen molar-refractivity contribution >= 4 is 12.2 Å². The maximum Gasteiger partial charge on any atom is 0.335 e. The van der Waals surface area contributed by atoms with Gasteiger partial charge in [-0.25, -0.2) is 14.2 Å². The van der Waals surface area contributed by atoms with Crippen LogP contribution in [0.3, 0.4) is 0 Å².